The lowest BCUT2D eigenvalue weighted by molar-refractivity contribution is -0.143. The highest BCUT2D eigenvalue weighted by Crippen LogP contribution is 2.33. The van der Waals surface area contributed by atoms with E-state index in [1.807, 2.05) is 13.8 Å². The molecule has 4 nitrogen and oxygen atoms in total. The number of rotatable bonds is 4. The average molecular weight is 255 g/mol. The molecular weight excluding hydrogens is 230 g/mol. The zero-order valence-electron chi connectivity index (χ0n) is 11.6. The lowest BCUT2D eigenvalue weighted by Gasteiger charge is -2.34. The highest BCUT2D eigenvalue weighted by atomic mass is 16.5. The van der Waals surface area contributed by atoms with Gasteiger partial charge >= 0.3 is 0 Å². The minimum Gasteiger partial charge on any atom is -0.391 e. The first-order valence-electron chi connectivity index (χ1n) is 7.06. The van der Waals surface area contributed by atoms with E-state index in [2.05, 4.69) is 0 Å². The van der Waals surface area contributed by atoms with Gasteiger partial charge in [0.15, 0.2) is 0 Å². The van der Waals surface area contributed by atoms with Crippen molar-refractivity contribution in [2.24, 2.45) is 11.8 Å². The van der Waals surface area contributed by atoms with Gasteiger partial charge in [0.25, 0.3) is 0 Å². The van der Waals surface area contributed by atoms with Crippen LogP contribution in [0.25, 0.3) is 0 Å². The van der Waals surface area contributed by atoms with Gasteiger partial charge in [-0.25, -0.2) is 0 Å². The Kier molecular flexibility index (Phi) is 4.28. The number of nitrogens with zero attached hydrogens (tertiary/aromatic N) is 1. The summed E-state index contributed by atoms with van der Waals surface area (Å²) in [5, 5.41) is 9.89. The molecule has 1 saturated heterocycles. The van der Waals surface area contributed by atoms with Crippen molar-refractivity contribution in [2.75, 3.05) is 13.6 Å². The molecule has 1 N–H and O–H groups in total. The van der Waals surface area contributed by atoms with E-state index >= 15 is 0 Å². The standard InChI is InChI=1S/C14H25NO3/c1-9-6-12(7-10(2)18-9)14(17)15(3)8-13(16)11-4-5-11/h9-13,16H,4-8H2,1-3H3. The van der Waals surface area contributed by atoms with Crippen LogP contribution < -0.4 is 0 Å². The molecule has 0 spiro atoms. The van der Waals surface area contributed by atoms with Crippen molar-refractivity contribution in [3.63, 3.8) is 0 Å². The van der Waals surface area contributed by atoms with Gasteiger partial charge in [0, 0.05) is 19.5 Å². The van der Waals surface area contributed by atoms with Gasteiger partial charge in [-0.05, 0) is 45.4 Å². The summed E-state index contributed by atoms with van der Waals surface area (Å²) in [6, 6.07) is 0. The maximum absolute atomic E-state index is 12.3. The number of hydrogen-bond acceptors (Lipinski definition) is 3. The molecule has 18 heavy (non-hydrogen) atoms. The summed E-state index contributed by atoms with van der Waals surface area (Å²) in [6.45, 7) is 4.52. The number of hydrogen-bond donors (Lipinski definition) is 1. The number of aliphatic hydroxyl groups excluding tert-OH is 1. The molecule has 2 aliphatic rings. The normalized spacial score (nSPS) is 34.1. The number of ether oxygens (including phenoxy) is 1. The molecule has 4 heteroatoms. The Morgan fingerprint density at radius 1 is 1.33 bits per heavy atom. The lowest BCUT2D eigenvalue weighted by Crippen LogP contribution is -2.43. The Bertz CT molecular complexity index is 293. The molecule has 0 aromatic rings. The monoisotopic (exact) mass is 255 g/mol. The van der Waals surface area contributed by atoms with Crippen LogP contribution >= 0.6 is 0 Å². The largest absolute Gasteiger partial charge is 0.391 e. The summed E-state index contributed by atoms with van der Waals surface area (Å²) >= 11 is 0. The minimum atomic E-state index is -0.339. The average Bonchev–Trinajstić information content (AvgIpc) is 3.10. The van der Waals surface area contributed by atoms with Crippen LogP contribution in [-0.2, 0) is 9.53 Å². The topological polar surface area (TPSA) is 49.8 Å². The van der Waals surface area contributed by atoms with E-state index in [9.17, 15) is 9.90 Å². The quantitative estimate of drug-likeness (QED) is 0.826. The second-order valence-electron chi connectivity index (χ2n) is 6.05. The van der Waals surface area contributed by atoms with Gasteiger partial charge in [0.05, 0.1) is 18.3 Å². The van der Waals surface area contributed by atoms with Crippen molar-refractivity contribution in [2.45, 2.75) is 57.8 Å². The molecule has 1 aliphatic carbocycles. The molecule has 3 atom stereocenters. The van der Waals surface area contributed by atoms with Crippen LogP contribution in [0.4, 0.5) is 0 Å². The zero-order chi connectivity index (χ0) is 13.3. The molecule has 0 aromatic heterocycles. The number of aliphatic hydroxyl groups is 1. The van der Waals surface area contributed by atoms with Gasteiger partial charge < -0.3 is 14.7 Å². The summed E-state index contributed by atoms with van der Waals surface area (Å²) in [4.78, 5) is 14.0. The summed E-state index contributed by atoms with van der Waals surface area (Å²) in [7, 11) is 1.80. The van der Waals surface area contributed by atoms with Crippen molar-refractivity contribution in [3.8, 4) is 0 Å². The first-order valence-corrected chi connectivity index (χ1v) is 7.06. The number of carbonyl (C=O) groups excluding carboxylic acids is 1. The second kappa shape index (κ2) is 5.57. The van der Waals surface area contributed by atoms with Crippen LogP contribution in [0.2, 0.25) is 0 Å². The number of amides is 1. The Morgan fingerprint density at radius 2 is 1.89 bits per heavy atom. The van der Waals surface area contributed by atoms with Crippen LogP contribution in [-0.4, -0.2) is 47.8 Å². The molecule has 0 aromatic carbocycles. The Hall–Kier alpha value is -0.610. The molecule has 104 valence electrons. The minimum absolute atomic E-state index is 0.0557. The highest BCUT2D eigenvalue weighted by molar-refractivity contribution is 5.78. The fraction of sp³-hybridized carbons (Fsp3) is 0.929. The van der Waals surface area contributed by atoms with E-state index in [0.29, 0.717) is 12.5 Å². The van der Waals surface area contributed by atoms with Crippen molar-refractivity contribution >= 4 is 5.91 Å². The van der Waals surface area contributed by atoms with Crippen molar-refractivity contribution in [1.29, 1.82) is 0 Å². The van der Waals surface area contributed by atoms with Gasteiger partial charge in [-0.3, -0.25) is 4.79 Å². The SMILES string of the molecule is CC1CC(C(=O)N(C)CC(O)C2CC2)CC(C)O1. The Morgan fingerprint density at radius 3 is 2.39 bits per heavy atom. The van der Waals surface area contributed by atoms with Crippen LogP contribution in [0.5, 0.6) is 0 Å². The maximum atomic E-state index is 12.3. The third-order valence-electron chi connectivity index (χ3n) is 4.05. The number of carbonyl (C=O) groups is 1. The maximum Gasteiger partial charge on any atom is 0.225 e. The lowest BCUT2D eigenvalue weighted by atomic mass is 9.91. The van der Waals surface area contributed by atoms with E-state index in [4.69, 9.17) is 4.74 Å². The molecule has 2 rings (SSSR count). The van der Waals surface area contributed by atoms with Gasteiger partial charge in [-0.2, -0.15) is 0 Å². The van der Waals surface area contributed by atoms with E-state index in [0.717, 1.165) is 25.7 Å². The third kappa shape index (κ3) is 3.45. The van der Waals surface area contributed by atoms with E-state index < -0.39 is 0 Å². The summed E-state index contributed by atoms with van der Waals surface area (Å²) in [5.41, 5.74) is 0. The van der Waals surface area contributed by atoms with Crippen LogP contribution in [0, 0.1) is 11.8 Å². The smallest absolute Gasteiger partial charge is 0.225 e. The molecule has 1 aliphatic heterocycles. The summed E-state index contributed by atoms with van der Waals surface area (Å²) < 4.78 is 5.66. The highest BCUT2D eigenvalue weighted by Gasteiger charge is 2.34. The summed E-state index contributed by atoms with van der Waals surface area (Å²) in [5.74, 6) is 0.643. The predicted octanol–water partition coefficient (Wildman–Crippen LogP) is 1.42. The van der Waals surface area contributed by atoms with Crippen LogP contribution in [0.15, 0.2) is 0 Å². The molecular formula is C14H25NO3. The number of likely N-dealkylation sites (N-methyl/N-ethyl adjacent to an activating group) is 1. The van der Waals surface area contributed by atoms with Gasteiger partial charge in [-0.15, -0.1) is 0 Å². The van der Waals surface area contributed by atoms with Gasteiger partial charge in [0.2, 0.25) is 5.91 Å². The van der Waals surface area contributed by atoms with Gasteiger partial charge in [-0.1, -0.05) is 0 Å². The van der Waals surface area contributed by atoms with Crippen molar-refractivity contribution < 1.29 is 14.6 Å². The molecule has 2 fully saturated rings. The third-order valence-corrected chi connectivity index (χ3v) is 4.05. The van der Waals surface area contributed by atoms with E-state index in [1.165, 1.54) is 0 Å². The fourth-order valence-electron chi connectivity index (χ4n) is 2.92. The van der Waals surface area contributed by atoms with Crippen molar-refractivity contribution in [3.05, 3.63) is 0 Å². The Balaban J connectivity index is 1.84. The zero-order valence-corrected chi connectivity index (χ0v) is 11.6. The first-order chi connectivity index (χ1) is 8.47. The molecule has 3 unspecified atom stereocenters. The predicted molar refractivity (Wildman–Crippen MR) is 69.1 cm³/mol. The molecule has 1 amide bonds. The second-order valence-corrected chi connectivity index (χ2v) is 6.05. The molecule has 1 saturated carbocycles. The molecule has 1 heterocycles. The van der Waals surface area contributed by atoms with E-state index in [-0.39, 0.29) is 30.1 Å². The van der Waals surface area contributed by atoms with Crippen molar-refractivity contribution in [1.82, 2.24) is 4.90 Å². The molecule has 0 radical (unpaired) electrons. The Labute approximate surface area is 109 Å². The van der Waals surface area contributed by atoms with E-state index in [1.54, 1.807) is 11.9 Å². The summed E-state index contributed by atoms with van der Waals surface area (Å²) in [6.07, 6.45) is 3.78. The van der Waals surface area contributed by atoms with Crippen LogP contribution in [0.1, 0.15) is 39.5 Å². The molecule has 0 bridgehead atoms. The fourth-order valence-corrected chi connectivity index (χ4v) is 2.92. The van der Waals surface area contributed by atoms with Crippen LogP contribution in [0.3, 0.4) is 0 Å². The van der Waals surface area contributed by atoms with Gasteiger partial charge in [0.1, 0.15) is 0 Å². The first kappa shape index (κ1) is 13.8.